The smallest absolute Gasteiger partial charge is 0.132 e. The average molecular weight is 666 g/mol. The Morgan fingerprint density at radius 1 is 0.365 bits per heavy atom. The molecule has 0 amide bonds. The summed E-state index contributed by atoms with van der Waals surface area (Å²) in [4.78, 5) is 0. The first kappa shape index (κ1) is 28.9. The fraction of sp³-hybridized carbons (Fsp3) is 0.0204. The van der Waals surface area contributed by atoms with Crippen LogP contribution in [0.4, 0.5) is 0 Å². The molecule has 0 saturated heterocycles. The van der Waals surface area contributed by atoms with Crippen molar-refractivity contribution in [3.63, 3.8) is 0 Å². The van der Waals surface area contributed by atoms with Crippen LogP contribution in [-0.4, -0.2) is 4.57 Å². The summed E-state index contributed by atoms with van der Waals surface area (Å²) in [6, 6.07) is 67.0. The second kappa shape index (κ2) is 11.1. The summed E-state index contributed by atoms with van der Waals surface area (Å²) in [5.74, 6) is 3.38. The molecule has 0 fully saturated rings. The van der Waals surface area contributed by atoms with Gasteiger partial charge in [-0.3, -0.25) is 0 Å². The molecule has 1 spiro atoms. The number of fused-ring (bicyclic) bond motifs is 11. The maximum atomic E-state index is 7.03. The third-order valence-electron chi connectivity index (χ3n) is 10.9. The van der Waals surface area contributed by atoms with Crippen LogP contribution in [0.2, 0.25) is 0 Å². The molecule has 2 aliphatic rings. The summed E-state index contributed by atoms with van der Waals surface area (Å²) in [7, 11) is 0. The van der Waals surface area contributed by atoms with Gasteiger partial charge in [-0.1, -0.05) is 133 Å². The Labute approximate surface area is 301 Å². The Kier molecular flexibility index (Phi) is 6.17. The molecule has 11 rings (SSSR count). The Morgan fingerprint density at radius 3 is 1.58 bits per heavy atom. The lowest BCUT2D eigenvalue weighted by atomic mass is 9.59. The largest absolute Gasteiger partial charge is 0.457 e. The van der Waals surface area contributed by atoms with E-state index in [9.17, 15) is 0 Å². The quantitative estimate of drug-likeness (QED) is 0.187. The fourth-order valence-electron chi connectivity index (χ4n) is 8.88. The van der Waals surface area contributed by atoms with Gasteiger partial charge in [0.1, 0.15) is 23.0 Å². The highest BCUT2D eigenvalue weighted by atomic mass is 16.5. The standard InChI is InChI=1S/C49H31NO2/c1-3-15-32(16-4-1)35-20-13-27-45-47(35)49(39-22-8-11-25-43(39)51-44-26-12-9-23-40(44)49)48-36(21-14-28-46(48)52-45)33-29-30-42-38(31-33)37-19-7-10-24-41(37)50(42)34-17-5-2-6-18-34/h1-31H. The van der Waals surface area contributed by atoms with Gasteiger partial charge in [-0.25, -0.2) is 0 Å². The minimum absolute atomic E-state index is 0.760. The average Bonchev–Trinajstić information content (AvgIpc) is 3.54. The third-order valence-corrected chi connectivity index (χ3v) is 10.9. The van der Waals surface area contributed by atoms with Gasteiger partial charge >= 0.3 is 0 Å². The van der Waals surface area contributed by atoms with E-state index in [1.807, 2.05) is 0 Å². The van der Waals surface area contributed by atoms with Crippen molar-refractivity contribution in [2.45, 2.75) is 5.41 Å². The molecule has 3 heterocycles. The lowest BCUT2D eigenvalue weighted by molar-refractivity contribution is 0.400. The summed E-state index contributed by atoms with van der Waals surface area (Å²) in [5.41, 5.74) is 11.7. The number of aromatic nitrogens is 1. The molecule has 0 bridgehead atoms. The molecule has 0 atom stereocenters. The lowest BCUT2D eigenvalue weighted by Gasteiger charge is -2.46. The molecule has 0 aliphatic carbocycles. The maximum absolute atomic E-state index is 7.03. The zero-order valence-electron chi connectivity index (χ0n) is 28.2. The number of nitrogens with zero attached hydrogens (tertiary/aromatic N) is 1. The molecule has 0 N–H and O–H groups in total. The molecule has 2 aliphatic heterocycles. The van der Waals surface area contributed by atoms with Crippen molar-refractivity contribution in [3.05, 3.63) is 210 Å². The van der Waals surface area contributed by atoms with Crippen LogP contribution in [-0.2, 0) is 5.41 Å². The highest BCUT2D eigenvalue weighted by Gasteiger charge is 2.52. The maximum Gasteiger partial charge on any atom is 0.132 e. The topological polar surface area (TPSA) is 23.4 Å². The molecule has 52 heavy (non-hydrogen) atoms. The van der Waals surface area contributed by atoms with Crippen molar-refractivity contribution in [3.8, 4) is 50.9 Å². The molecule has 3 heteroatoms. The van der Waals surface area contributed by atoms with Crippen LogP contribution in [0.15, 0.2) is 188 Å². The van der Waals surface area contributed by atoms with Crippen LogP contribution in [0.5, 0.6) is 23.0 Å². The first-order valence-electron chi connectivity index (χ1n) is 17.8. The van der Waals surface area contributed by atoms with E-state index >= 15 is 0 Å². The van der Waals surface area contributed by atoms with Gasteiger partial charge in [0.25, 0.3) is 0 Å². The van der Waals surface area contributed by atoms with Gasteiger partial charge in [-0.2, -0.15) is 0 Å². The number of ether oxygens (including phenoxy) is 2. The Balaban J connectivity index is 1.27. The van der Waals surface area contributed by atoms with E-state index in [-0.39, 0.29) is 0 Å². The zero-order valence-corrected chi connectivity index (χ0v) is 28.2. The van der Waals surface area contributed by atoms with E-state index in [2.05, 4.69) is 193 Å². The SMILES string of the molecule is c1ccc(-c2cccc3c2C2(c4ccccc4Oc4ccccc42)c2c(cccc2-c2ccc4c(c2)c2ccccc2n4-c2ccccc2)O3)cc1. The van der Waals surface area contributed by atoms with Crippen molar-refractivity contribution in [2.24, 2.45) is 0 Å². The monoisotopic (exact) mass is 665 g/mol. The molecule has 244 valence electrons. The van der Waals surface area contributed by atoms with Crippen LogP contribution in [0, 0.1) is 0 Å². The van der Waals surface area contributed by atoms with Gasteiger partial charge in [-0.15, -0.1) is 0 Å². The van der Waals surface area contributed by atoms with Gasteiger partial charge in [0.15, 0.2) is 0 Å². The second-order valence-electron chi connectivity index (χ2n) is 13.6. The molecule has 1 aromatic heterocycles. The summed E-state index contributed by atoms with van der Waals surface area (Å²) in [5, 5.41) is 2.43. The number of hydrogen-bond donors (Lipinski definition) is 0. The van der Waals surface area contributed by atoms with Gasteiger partial charge < -0.3 is 14.0 Å². The predicted octanol–water partition coefficient (Wildman–Crippen LogP) is 12.7. The lowest BCUT2D eigenvalue weighted by Crippen LogP contribution is -2.38. The van der Waals surface area contributed by atoms with Crippen LogP contribution in [0.25, 0.3) is 49.7 Å². The van der Waals surface area contributed by atoms with Crippen LogP contribution >= 0.6 is 0 Å². The number of hydrogen-bond acceptors (Lipinski definition) is 2. The van der Waals surface area contributed by atoms with Crippen LogP contribution < -0.4 is 9.47 Å². The van der Waals surface area contributed by atoms with E-state index in [1.54, 1.807) is 0 Å². The molecule has 9 aromatic rings. The Hall–Kier alpha value is -6.84. The van der Waals surface area contributed by atoms with Crippen LogP contribution in [0.3, 0.4) is 0 Å². The predicted molar refractivity (Wildman–Crippen MR) is 210 cm³/mol. The van der Waals surface area contributed by atoms with Crippen molar-refractivity contribution >= 4 is 21.8 Å². The fourth-order valence-corrected chi connectivity index (χ4v) is 8.88. The molecular weight excluding hydrogens is 635 g/mol. The minimum Gasteiger partial charge on any atom is -0.457 e. The van der Waals surface area contributed by atoms with Crippen molar-refractivity contribution in [1.82, 2.24) is 4.57 Å². The van der Waals surface area contributed by atoms with Crippen molar-refractivity contribution < 1.29 is 9.47 Å². The zero-order chi connectivity index (χ0) is 34.2. The van der Waals surface area contributed by atoms with E-state index in [0.29, 0.717) is 0 Å². The molecular formula is C49H31NO2. The van der Waals surface area contributed by atoms with Crippen molar-refractivity contribution in [1.29, 1.82) is 0 Å². The summed E-state index contributed by atoms with van der Waals surface area (Å²) >= 11 is 0. The summed E-state index contributed by atoms with van der Waals surface area (Å²) < 4.78 is 16.1. The first-order chi connectivity index (χ1) is 25.8. The van der Waals surface area contributed by atoms with E-state index < -0.39 is 5.41 Å². The Morgan fingerprint density at radius 2 is 0.885 bits per heavy atom. The van der Waals surface area contributed by atoms with Gasteiger partial charge in [0, 0.05) is 38.7 Å². The summed E-state index contributed by atoms with van der Waals surface area (Å²) in [6.07, 6.45) is 0. The van der Waals surface area contributed by atoms with Crippen LogP contribution in [0.1, 0.15) is 22.3 Å². The first-order valence-corrected chi connectivity index (χ1v) is 17.8. The third kappa shape index (κ3) is 3.96. The molecule has 8 aromatic carbocycles. The summed E-state index contributed by atoms with van der Waals surface area (Å²) in [6.45, 7) is 0. The highest BCUT2D eigenvalue weighted by molar-refractivity contribution is 6.10. The van der Waals surface area contributed by atoms with Crippen molar-refractivity contribution in [2.75, 3.05) is 0 Å². The number of benzene rings is 8. The molecule has 0 saturated carbocycles. The van der Waals surface area contributed by atoms with Gasteiger partial charge in [0.2, 0.25) is 0 Å². The van der Waals surface area contributed by atoms with E-state index in [1.165, 1.54) is 21.8 Å². The highest BCUT2D eigenvalue weighted by Crippen LogP contribution is 2.64. The van der Waals surface area contributed by atoms with Gasteiger partial charge in [-0.05, 0) is 76.9 Å². The number of para-hydroxylation sites is 4. The molecule has 0 unspecified atom stereocenters. The normalized spacial score (nSPS) is 13.5. The minimum atomic E-state index is -0.760. The molecule has 0 radical (unpaired) electrons. The Bertz CT molecular complexity index is 2810. The number of rotatable bonds is 3. The second-order valence-corrected chi connectivity index (χ2v) is 13.6. The van der Waals surface area contributed by atoms with E-state index in [4.69, 9.17) is 9.47 Å². The van der Waals surface area contributed by atoms with Gasteiger partial charge in [0.05, 0.1) is 16.4 Å². The van der Waals surface area contributed by atoms with E-state index in [0.717, 1.165) is 73.2 Å². The molecule has 3 nitrogen and oxygen atoms in total.